The number of carboxylic acid groups (broad SMARTS) is 1. The number of rotatable bonds is 10. The minimum absolute atomic E-state index is 0.161. The molecule has 1 unspecified atom stereocenters. The number of aliphatic carboxylic acids is 1. The monoisotopic (exact) mass is 294 g/mol. The minimum atomic E-state index is -0.758. The molecule has 0 heterocycles. The maximum Gasteiger partial charge on any atom is 0.303 e. The van der Waals surface area contributed by atoms with Gasteiger partial charge < -0.3 is 10.4 Å². The SMILES string of the molecule is CC(CCNCCc1ccccc1[N+](=O)[O-])CCC(=O)O. The number of nitrogens with one attached hydrogen (secondary N) is 1. The van der Waals surface area contributed by atoms with Crippen LogP contribution < -0.4 is 5.32 Å². The van der Waals surface area contributed by atoms with E-state index in [0.717, 1.165) is 18.5 Å². The van der Waals surface area contributed by atoms with Gasteiger partial charge in [-0.15, -0.1) is 0 Å². The third-order valence-electron chi connectivity index (χ3n) is 3.42. The van der Waals surface area contributed by atoms with Gasteiger partial charge in [-0.05, 0) is 38.3 Å². The Bertz CT molecular complexity index is 476. The highest BCUT2D eigenvalue weighted by Gasteiger charge is 2.11. The molecule has 6 heteroatoms. The summed E-state index contributed by atoms with van der Waals surface area (Å²) < 4.78 is 0. The summed E-state index contributed by atoms with van der Waals surface area (Å²) in [7, 11) is 0. The Morgan fingerprint density at radius 3 is 2.71 bits per heavy atom. The Hall–Kier alpha value is -1.95. The van der Waals surface area contributed by atoms with Crippen LogP contribution in [-0.4, -0.2) is 29.1 Å². The van der Waals surface area contributed by atoms with Gasteiger partial charge >= 0.3 is 5.97 Å². The van der Waals surface area contributed by atoms with Crippen molar-refractivity contribution in [3.63, 3.8) is 0 Å². The molecule has 6 nitrogen and oxygen atoms in total. The smallest absolute Gasteiger partial charge is 0.303 e. The van der Waals surface area contributed by atoms with Crippen molar-refractivity contribution in [2.24, 2.45) is 5.92 Å². The first-order chi connectivity index (χ1) is 10.0. The van der Waals surface area contributed by atoms with Crippen LogP contribution in [0.5, 0.6) is 0 Å². The highest BCUT2D eigenvalue weighted by Crippen LogP contribution is 2.17. The number of nitro groups is 1. The topological polar surface area (TPSA) is 92.5 Å². The number of nitrogens with zero attached hydrogens (tertiary/aromatic N) is 1. The van der Waals surface area contributed by atoms with Crippen LogP contribution in [0.2, 0.25) is 0 Å². The first-order valence-corrected chi connectivity index (χ1v) is 7.15. The lowest BCUT2D eigenvalue weighted by molar-refractivity contribution is -0.385. The molecular weight excluding hydrogens is 272 g/mol. The van der Waals surface area contributed by atoms with Gasteiger partial charge in [-0.3, -0.25) is 14.9 Å². The molecule has 0 aliphatic heterocycles. The molecule has 0 aliphatic rings. The van der Waals surface area contributed by atoms with Gasteiger partial charge in [0.15, 0.2) is 0 Å². The van der Waals surface area contributed by atoms with Crippen LogP contribution in [0.3, 0.4) is 0 Å². The first-order valence-electron chi connectivity index (χ1n) is 7.15. The van der Waals surface area contributed by atoms with Crippen LogP contribution in [0.1, 0.15) is 31.7 Å². The Morgan fingerprint density at radius 2 is 2.05 bits per heavy atom. The number of carboxylic acids is 1. The summed E-state index contributed by atoms with van der Waals surface area (Å²) >= 11 is 0. The molecule has 0 aromatic heterocycles. The van der Waals surface area contributed by atoms with Gasteiger partial charge in [0.1, 0.15) is 0 Å². The van der Waals surface area contributed by atoms with Crippen molar-refractivity contribution in [3.05, 3.63) is 39.9 Å². The van der Waals surface area contributed by atoms with Crippen molar-refractivity contribution in [2.45, 2.75) is 32.6 Å². The molecule has 0 bridgehead atoms. The molecule has 21 heavy (non-hydrogen) atoms. The van der Waals surface area contributed by atoms with Crippen molar-refractivity contribution in [1.29, 1.82) is 0 Å². The zero-order chi connectivity index (χ0) is 15.7. The molecule has 116 valence electrons. The van der Waals surface area contributed by atoms with E-state index in [1.807, 2.05) is 6.92 Å². The molecule has 2 N–H and O–H groups in total. The van der Waals surface area contributed by atoms with E-state index in [1.54, 1.807) is 18.2 Å². The standard InChI is InChI=1S/C15H22N2O4/c1-12(6-7-15(18)19)8-10-16-11-9-13-4-2-3-5-14(13)17(20)21/h2-5,12,16H,6-11H2,1H3,(H,18,19). The average Bonchev–Trinajstić information content (AvgIpc) is 2.45. The van der Waals surface area contributed by atoms with Gasteiger partial charge in [-0.2, -0.15) is 0 Å². The summed E-state index contributed by atoms with van der Waals surface area (Å²) in [6, 6.07) is 6.76. The van der Waals surface area contributed by atoms with Gasteiger partial charge in [0.2, 0.25) is 0 Å². The van der Waals surface area contributed by atoms with Crippen LogP contribution in [0.4, 0.5) is 5.69 Å². The third-order valence-corrected chi connectivity index (χ3v) is 3.42. The zero-order valence-corrected chi connectivity index (χ0v) is 12.2. The number of hydrogen-bond acceptors (Lipinski definition) is 4. The van der Waals surface area contributed by atoms with Crippen LogP contribution in [-0.2, 0) is 11.2 Å². The van der Waals surface area contributed by atoms with E-state index in [2.05, 4.69) is 5.32 Å². The highest BCUT2D eigenvalue weighted by atomic mass is 16.6. The maximum atomic E-state index is 10.9. The fourth-order valence-electron chi connectivity index (χ4n) is 2.11. The van der Waals surface area contributed by atoms with E-state index in [1.165, 1.54) is 6.07 Å². The second kappa shape index (κ2) is 9.07. The lowest BCUT2D eigenvalue weighted by Gasteiger charge is -2.10. The second-order valence-electron chi connectivity index (χ2n) is 5.21. The maximum absolute atomic E-state index is 10.9. The second-order valence-corrected chi connectivity index (χ2v) is 5.21. The fourth-order valence-corrected chi connectivity index (χ4v) is 2.11. The van der Waals surface area contributed by atoms with Crippen molar-refractivity contribution in [2.75, 3.05) is 13.1 Å². The van der Waals surface area contributed by atoms with Crippen LogP contribution >= 0.6 is 0 Å². The summed E-state index contributed by atoms with van der Waals surface area (Å²) in [5, 5.41) is 22.7. The summed E-state index contributed by atoms with van der Waals surface area (Å²) in [6.07, 6.45) is 2.41. The normalized spacial score (nSPS) is 12.0. The molecule has 1 rings (SSSR count). The molecule has 0 radical (unpaired) electrons. The Morgan fingerprint density at radius 1 is 1.33 bits per heavy atom. The predicted molar refractivity (Wildman–Crippen MR) is 80.3 cm³/mol. The summed E-state index contributed by atoms with van der Waals surface area (Å²) in [6.45, 7) is 3.50. The van der Waals surface area contributed by atoms with Crippen molar-refractivity contribution >= 4 is 11.7 Å². The lowest BCUT2D eigenvalue weighted by atomic mass is 10.0. The molecule has 1 atom stereocenters. The van der Waals surface area contributed by atoms with Gasteiger partial charge in [-0.1, -0.05) is 25.1 Å². The van der Waals surface area contributed by atoms with Crippen molar-refractivity contribution in [3.8, 4) is 0 Å². The summed E-state index contributed by atoms with van der Waals surface area (Å²) in [5.41, 5.74) is 0.892. The van der Waals surface area contributed by atoms with Crippen molar-refractivity contribution in [1.82, 2.24) is 5.32 Å². The Labute approximate surface area is 124 Å². The van der Waals surface area contributed by atoms with E-state index < -0.39 is 5.97 Å². The number of hydrogen-bond donors (Lipinski definition) is 2. The summed E-state index contributed by atoms with van der Waals surface area (Å²) in [4.78, 5) is 21.0. The van der Waals surface area contributed by atoms with Gasteiger partial charge in [0, 0.05) is 18.1 Å². The molecule has 1 aromatic rings. The van der Waals surface area contributed by atoms with Crippen LogP contribution in [0, 0.1) is 16.0 Å². The van der Waals surface area contributed by atoms with E-state index in [-0.39, 0.29) is 17.0 Å². The van der Waals surface area contributed by atoms with Crippen molar-refractivity contribution < 1.29 is 14.8 Å². The van der Waals surface area contributed by atoms with E-state index >= 15 is 0 Å². The molecule has 0 amide bonds. The van der Waals surface area contributed by atoms with E-state index in [0.29, 0.717) is 25.3 Å². The van der Waals surface area contributed by atoms with E-state index in [4.69, 9.17) is 5.11 Å². The van der Waals surface area contributed by atoms with Gasteiger partial charge in [0.25, 0.3) is 5.69 Å². The molecule has 0 saturated carbocycles. The average molecular weight is 294 g/mol. The molecule has 1 aromatic carbocycles. The number of para-hydroxylation sites is 1. The molecule has 0 spiro atoms. The lowest BCUT2D eigenvalue weighted by Crippen LogP contribution is -2.20. The molecule has 0 saturated heterocycles. The molecule has 0 aliphatic carbocycles. The zero-order valence-electron chi connectivity index (χ0n) is 12.2. The van der Waals surface area contributed by atoms with Crippen LogP contribution in [0.15, 0.2) is 24.3 Å². The van der Waals surface area contributed by atoms with Gasteiger partial charge in [0.05, 0.1) is 4.92 Å². The third kappa shape index (κ3) is 6.85. The number of benzene rings is 1. The largest absolute Gasteiger partial charge is 0.481 e. The minimum Gasteiger partial charge on any atom is -0.481 e. The molecule has 0 fully saturated rings. The quantitative estimate of drug-likeness (QED) is 0.393. The Kier molecular flexibility index (Phi) is 7.39. The van der Waals surface area contributed by atoms with Crippen LogP contribution in [0.25, 0.3) is 0 Å². The van der Waals surface area contributed by atoms with E-state index in [9.17, 15) is 14.9 Å². The number of nitro benzene ring substituents is 1. The summed E-state index contributed by atoms with van der Waals surface area (Å²) in [5.74, 6) is -0.397. The molecular formula is C15H22N2O4. The fraction of sp³-hybridized carbons (Fsp3) is 0.533. The van der Waals surface area contributed by atoms with Gasteiger partial charge in [-0.25, -0.2) is 0 Å². The Balaban J connectivity index is 2.23. The predicted octanol–water partition coefficient (Wildman–Crippen LogP) is 2.62. The highest BCUT2D eigenvalue weighted by molar-refractivity contribution is 5.66. The first kappa shape index (κ1) is 17.1. The number of carbonyl (C=O) groups is 1.